The van der Waals surface area contributed by atoms with Gasteiger partial charge < -0.3 is 20.1 Å². The number of halogens is 3. The lowest BCUT2D eigenvalue weighted by atomic mass is 10.3. The Labute approximate surface area is 108 Å². The predicted molar refractivity (Wildman–Crippen MR) is 59.8 cm³/mol. The Morgan fingerprint density at radius 1 is 1.32 bits per heavy atom. The van der Waals surface area contributed by atoms with Crippen LogP contribution in [0.4, 0.5) is 18.0 Å². The van der Waals surface area contributed by atoms with Crippen molar-refractivity contribution >= 4 is 12.0 Å². The minimum Gasteiger partial charge on any atom is -0.480 e. The second kappa shape index (κ2) is 8.57. The van der Waals surface area contributed by atoms with Crippen LogP contribution in [-0.2, 0) is 9.53 Å². The van der Waals surface area contributed by atoms with Gasteiger partial charge in [0.2, 0.25) is 0 Å². The summed E-state index contributed by atoms with van der Waals surface area (Å²) in [6, 6.07) is -1.04. The molecule has 0 fully saturated rings. The largest absolute Gasteiger partial charge is 0.480 e. The fraction of sp³-hybridized carbons (Fsp3) is 0.800. The monoisotopic (exact) mass is 286 g/mol. The van der Waals surface area contributed by atoms with Gasteiger partial charge in [0.15, 0.2) is 0 Å². The maximum absolute atomic E-state index is 12.2. The highest BCUT2D eigenvalue weighted by atomic mass is 19.4. The van der Waals surface area contributed by atoms with E-state index in [1.54, 1.807) is 0 Å². The van der Waals surface area contributed by atoms with Gasteiger partial charge in [-0.3, -0.25) is 4.79 Å². The minimum absolute atomic E-state index is 0.163. The van der Waals surface area contributed by atoms with Crippen LogP contribution < -0.4 is 5.32 Å². The normalized spacial score (nSPS) is 11.2. The summed E-state index contributed by atoms with van der Waals surface area (Å²) in [6.07, 6.45) is -3.45. The van der Waals surface area contributed by atoms with E-state index in [0.29, 0.717) is 19.4 Å². The Balaban J connectivity index is 4.19. The van der Waals surface area contributed by atoms with Gasteiger partial charge in [0, 0.05) is 20.3 Å². The molecule has 0 spiro atoms. The zero-order chi connectivity index (χ0) is 14.9. The quantitative estimate of drug-likeness (QED) is 0.654. The third-order valence-corrected chi connectivity index (χ3v) is 2.03. The van der Waals surface area contributed by atoms with E-state index >= 15 is 0 Å². The number of carboxylic acids is 1. The van der Waals surface area contributed by atoms with Crippen LogP contribution in [0.2, 0.25) is 0 Å². The number of amides is 2. The molecule has 0 radical (unpaired) electrons. The average Bonchev–Trinajstić information content (AvgIpc) is 2.25. The molecule has 9 heteroatoms. The lowest BCUT2D eigenvalue weighted by molar-refractivity contribution is -0.148. The summed E-state index contributed by atoms with van der Waals surface area (Å²) in [5, 5.41) is 10.7. The van der Waals surface area contributed by atoms with Gasteiger partial charge in [-0.15, -0.1) is 0 Å². The fourth-order valence-electron chi connectivity index (χ4n) is 1.26. The third-order valence-electron chi connectivity index (χ3n) is 2.03. The number of ether oxygens (including phenoxy) is 1. The number of carbonyl (C=O) groups excluding carboxylic acids is 1. The van der Waals surface area contributed by atoms with Crippen LogP contribution in [0.5, 0.6) is 0 Å². The first kappa shape index (κ1) is 17.5. The van der Waals surface area contributed by atoms with Gasteiger partial charge in [-0.05, 0) is 12.8 Å². The zero-order valence-corrected chi connectivity index (χ0v) is 10.5. The van der Waals surface area contributed by atoms with Gasteiger partial charge in [0.05, 0.1) is 0 Å². The number of nitrogens with zero attached hydrogens (tertiary/aromatic N) is 1. The van der Waals surface area contributed by atoms with Crippen LogP contribution >= 0.6 is 0 Å². The maximum Gasteiger partial charge on any atom is 0.406 e. The number of unbranched alkanes of at least 4 members (excludes halogenated alkanes) is 1. The van der Waals surface area contributed by atoms with Crippen LogP contribution in [0.1, 0.15) is 12.8 Å². The van der Waals surface area contributed by atoms with Crippen molar-refractivity contribution in [2.24, 2.45) is 0 Å². The van der Waals surface area contributed by atoms with Crippen molar-refractivity contribution in [3.8, 4) is 0 Å². The third kappa shape index (κ3) is 10.1. The van der Waals surface area contributed by atoms with Crippen molar-refractivity contribution in [3.05, 3.63) is 0 Å². The Kier molecular flexibility index (Phi) is 7.89. The van der Waals surface area contributed by atoms with Crippen molar-refractivity contribution in [1.29, 1.82) is 0 Å². The van der Waals surface area contributed by atoms with Gasteiger partial charge in [-0.2, -0.15) is 13.2 Å². The number of urea groups is 1. The van der Waals surface area contributed by atoms with Crippen molar-refractivity contribution in [2.45, 2.75) is 19.0 Å². The summed E-state index contributed by atoms with van der Waals surface area (Å²) < 4.78 is 41.3. The van der Waals surface area contributed by atoms with Crippen LogP contribution in [0.15, 0.2) is 0 Å². The first-order valence-corrected chi connectivity index (χ1v) is 5.56. The Morgan fingerprint density at radius 3 is 2.42 bits per heavy atom. The number of aliphatic carboxylic acids is 1. The first-order valence-electron chi connectivity index (χ1n) is 5.56. The maximum atomic E-state index is 12.2. The summed E-state index contributed by atoms with van der Waals surface area (Å²) in [7, 11) is 1.51. The molecule has 0 unspecified atom stereocenters. The van der Waals surface area contributed by atoms with Crippen LogP contribution in [0, 0.1) is 0 Å². The number of carboxylic acid groups (broad SMARTS) is 1. The standard InChI is InChI=1S/C10H17F3N2O4/c1-19-5-3-2-4-14-9(18)15(6-8(16)17)7-10(11,12)13/h2-7H2,1H3,(H,14,18)(H,16,17). The molecular weight excluding hydrogens is 269 g/mol. The summed E-state index contributed by atoms with van der Waals surface area (Å²) in [5.74, 6) is -1.50. The molecule has 0 aliphatic heterocycles. The molecule has 112 valence electrons. The molecule has 0 bridgehead atoms. The van der Waals surface area contributed by atoms with E-state index in [1.807, 2.05) is 0 Å². The number of rotatable bonds is 8. The van der Waals surface area contributed by atoms with Crippen LogP contribution in [0.25, 0.3) is 0 Å². The SMILES string of the molecule is COCCCCNC(=O)N(CC(=O)O)CC(F)(F)F. The summed E-state index contributed by atoms with van der Waals surface area (Å²) in [4.78, 5) is 22.0. The van der Waals surface area contributed by atoms with Crippen molar-refractivity contribution in [1.82, 2.24) is 10.2 Å². The lowest BCUT2D eigenvalue weighted by Gasteiger charge is -2.22. The zero-order valence-electron chi connectivity index (χ0n) is 10.5. The number of alkyl halides is 3. The number of carbonyl (C=O) groups is 2. The Morgan fingerprint density at radius 2 is 1.95 bits per heavy atom. The molecule has 0 aliphatic rings. The molecule has 0 rings (SSSR count). The van der Waals surface area contributed by atoms with Gasteiger partial charge in [-0.1, -0.05) is 0 Å². The van der Waals surface area contributed by atoms with Crippen molar-refractivity contribution in [2.75, 3.05) is 33.4 Å². The molecule has 0 aromatic rings. The van der Waals surface area contributed by atoms with Crippen LogP contribution in [0.3, 0.4) is 0 Å². The smallest absolute Gasteiger partial charge is 0.406 e. The average molecular weight is 286 g/mol. The van der Waals surface area contributed by atoms with E-state index in [-0.39, 0.29) is 11.4 Å². The van der Waals surface area contributed by atoms with Gasteiger partial charge in [0.1, 0.15) is 13.1 Å². The molecule has 0 heterocycles. The molecule has 0 atom stereocenters. The van der Waals surface area contributed by atoms with Gasteiger partial charge >= 0.3 is 18.2 Å². The Bertz CT molecular complexity index is 297. The lowest BCUT2D eigenvalue weighted by Crippen LogP contribution is -2.47. The summed E-state index contributed by atoms with van der Waals surface area (Å²) >= 11 is 0. The molecular formula is C10H17F3N2O4. The number of hydrogen-bond acceptors (Lipinski definition) is 3. The molecule has 0 saturated carbocycles. The number of nitrogens with one attached hydrogen (secondary N) is 1. The minimum atomic E-state index is -4.64. The second-order valence-corrected chi connectivity index (χ2v) is 3.80. The number of hydrogen-bond donors (Lipinski definition) is 2. The highest BCUT2D eigenvalue weighted by Gasteiger charge is 2.33. The van der Waals surface area contributed by atoms with Crippen LogP contribution in [-0.4, -0.2) is 61.5 Å². The van der Waals surface area contributed by atoms with E-state index in [9.17, 15) is 22.8 Å². The molecule has 0 aromatic heterocycles. The van der Waals surface area contributed by atoms with E-state index in [2.05, 4.69) is 5.32 Å². The molecule has 19 heavy (non-hydrogen) atoms. The molecule has 2 N–H and O–H groups in total. The number of methoxy groups -OCH3 is 1. The molecule has 0 aromatic carbocycles. The van der Waals surface area contributed by atoms with Gasteiger partial charge in [-0.25, -0.2) is 4.79 Å². The van der Waals surface area contributed by atoms with E-state index in [0.717, 1.165) is 0 Å². The molecule has 2 amide bonds. The van der Waals surface area contributed by atoms with Crippen molar-refractivity contribution in [3.63, 3.8) is 0 Å². The highest BCUT2D eigenvalue weighted by molar-refractivity contribution is 5.80. The van der Waals surface area contributed by atoms with E-state index in [4.69, 9.17) is 9.84 Å². The first-order chi connectivity index (χ1) is 8.76. The summed E-state index contributed by atoms with van der Waals surface area (Å²) in [5.41, 5.74) is 0. The topological polar surface area (TPSA) is 78.9 Å². The predicted octanol–water partition coefficient (Wildman–Crippen LogP) is 1.07. The molecule has 0 saturated heterocycles. The molecule has 0 aliphatic carbocycles. The second-order valence-electron chi connectivity index (χ2n) is 3.80. The summed E-state index contributed by atoms with van der Waals surface area (Å²) in [6.45, 7) is -1.94. The van der Waals surface area contributed by atoms with Gasteiger partial charge in [0.25, 0.3) is 0 Å². The Hall–Kier alpha value is -1.51. The van der Waals surface area contributed by atoms with Crippen molar-refractivity contribution < 1.29 is 32.6 Å². The fourth-order valence-corrected chi connectivity index (χ4v) is 1.26. The van der Waals surface area contributed by atoms with E-state index < -0.39 is 31.3 Å². The molecule has 6 nitrogen and oxygen atoms in total. The highest BCUT2D eigenvalue weighted by Crippen LogP contribution is 2.16. The van der Waals surface area contributed by atoms with E-state index in [1.165, 1.54) is 7.11 Å².